The van der Waals surface area contributed by atoms with Gasteiger partial charge in [0, 0.05) is 43.6 Å². The predicted molar refractivity (Wildman–Crippen MR) is 307 cm³/mol. The Morgan fingerprint density at radius 2 is 1.04 bits per heavy atom. The van der Waals surface area contributed by atoms with E-state index in [1.165, 1.54) is 31.2 Å². The van der Waals surface area contributed by atoms with Gasteiger partial charge < -0.3 is 54.2 Å². The molecule has 0 radical (unpaired) electrons. The van der Waals surface area contributed by atoms with Gasteiger partial charge in [-0.25, -0.2) is 16.8 Å². The Balaban J connectivity index is 0.000000635. The first-order valence-corrected chi connectivity index (χ1v) is 27.9. The van der Waals surface area contributed by atoms with Gasteiger partial charge in [0.25, 0.3) is 0 Å². The molecule has 2 aliphatic heterocycles. The summed E-state index contributed by atoms with van der Waals surface area (Å²) in [6.07, 6.45) is -4.87. The van der Waals surface area contributed by atoms with E-state index in [0.717, 1.165) is 29.8 Å². The van der Waals surface area contributed by atoms with Crippen molar-refractivity contribution in [3.8, 4) is 11.5 Å². The van der Waals surface area contributed by atoms with Crippen molar-refractivity contribution in [1.82, 2.24) is 29.9 Å². The van der Waals surface area contributed by atoms with Crippen molar-refractivity contribution in [2.45, 2.75) is 84.5 Å². The molecule has 43 nitrogen and oxygen atoms in total. The summed E-state index contributed by atoms with van der Waals surface area (Å²) in [4.78, 5) is 35.2. The molecule has 94 heavy (non-hydrogen) atoms. The topological polar surface area (TPSA) is 719 Å². The third kappa shape index (κ3) is 26.6. The van der Waals surface area contributed by atoms with Gasteiger partial charge in [-0.1, -0.05) is 81.1 Å². The molecule has 2 saturated heterocycles. The Bertz CT molecular complexity index is 3940. The largest absolute Gasteiger partial charge is 1.00 e. The van der Waals surface area contributed by atoms with Crippen LogP contribution < -0.4 is 93.7 Å². The molecule has 0 aromatic heterocycles. The number of hydrogen-bond donors (Lipinski definition) is 9. The normalized spacial score (nSPS) is 19.6. The van der Waals surface area contributed by atoms with Gasteiger partial charge in [0.1, 0.15) is 104 Å². The Morgan fingerprint density at radius 1 is 0.585 bits per heavy atom. The summed E-state index contributed by atoms with van der Waals surface area (Å²) in [5.74, 6) is 0.875. The van der Waals surface area contributed by atoms with E-state index in [4.69, 9.17) is 68.7 Å². The third-order valence-corrected chi connectivity index (χ3v) is 13.6. The molecule has 1 unspecified atom stereocenters. The van der Waals surface area contributed by atoms with Gasteiger partial charge in [-0.3, -0.25) is 4.79 Å². The first-order chi connectivity index (χ1) is 43.6. The average molecular weight is 1360 g/mol. The summed E-state index contributed by atoms with van der Waals surface area (Å²) in [5, 5.41) is 62.2. The van der Waals surface area contributed by atoms with Crippen LogP contribution in [0.1, 0.15) is 23.6 Å². The van der Waals surface area contributed by atoms with Crippen LogP contribution in [-0.4, -0.2) is 127 Å². The molecule has 10 atom stereocenters. The molecule has 7 rings (SSSR count). The summed E-state index contributed by atoms with van der Waals surface area (Å²) in [7, 11) is -9.87. The van der Waals surface area contributed by atoms with Crippen LogP contribution in [0.15, 0.2) is 171 Å². The summed E-state index contributed by atoms with van der Waals surface area (Å²) < 4.78 is 90.9. The second-order valence-electron chi connectivity index (χ2n) is 17.6. The van der Waals surface area contributed by atoms with E-state index in [1.54, 1.807) is 48.5 Å². The molecule has 0 saturated carbocycles. The summed E-state index contributed by atoms with van der Waals surface area (Å²) >= 11 is 0. The molecule has 2 fully saturated rings. The van der Waals surface area contributed by atoms with Crippen LogP contribution in [0.3, 0.4) is 0 Å². The van der Waals surface area contributed by atoms with Crippen LogP contribution in [0, 0.1) is 27.7 Å². The zero-order chi connectivity index (χ0) is 66.9. The Kier molecular flexibility index (Phi) is 37.3. The van der Waals surface area contributed by atoms with Crippen LogP contribution in [0.5, 0.6) is 11.5 Å². The van der Waals surface area contributed by atoms with E-state index >= 15 is 0 Å². The van der Waals surface area contributed by atoms with Gasteiger partial charge in [-0.15, -0.1) is 0 Å². The number of rotatable bonds is 21. The van der Waals surface area contributed by atoms with E-state index in [1.807, 2.05) is 30.3 Å². The van der Waals surface area contributed by atoms with E-state index in [2.05, 4.69) is 95.6 Å². The molecule has 1 amide bonds. The second-order valence-corrected chi connectivity index (χ2v) is 20.3. The van der Waals surface area contributed by atoms with Crippen LogP contribution in [0.2, 0.25) is 0 Å². The summed E-state index contributed by atoms with van der Waals surface area (Å²) in [5.41, 5.74) is 68.8. The van der Waals surface area contributed by atoms with Crippen molar-refractivity contribution >= 4 is 61.0 Å². The van der Waals surface area contributed by atoms with Gasteiger partial charge in [0.05, 0.1) is 29.0 Å². The van der Waals surface area contributed by atoms with Crippen molar-refractivity contribution in [3.05, 3.63) is 174 Å². The van der Waals surface area contributed by atoms with Crippen molar-refractivity contribution < 1.29 is 130 Å². The second kappa shape index (κ2) is 42.6. The molecule has 2 heterocycles. The minimum atomic E-state index is -4.94. The number of aliphatic hydroxyl groups is 3. The minimum absolute atomic E-state index is 0. The number of ether oxygens (including phenoxy) is 4. The number of aliphatic hydroxyl groups excluding tert-OH is 3. The molecule has 0 spiro atoms. The molecule has 47 heteroatoms. The van der Waals surface area contributed by atoms with Crippen molar-refractivity contribution in [1.29, 1.82) is 27.7 Å². The van der Waals surface area contributed by atoms with Crippen molar-refractivity contribution in [2.24, 2.45) is 46.0 Å². The molecule has 5 aromatic rings. The fourth-order valence-corrected chi connectivity index (χ4v) is 9.25. The number of nitrogens with zero attached hydrogens (tertiary/aromatic N) is 22. The van der Waals surface area contributed by atoms with Gasteiger partial charge in [0.2, 0.25) is 30.5 Å². The standard InChI is InChI=1S/C15H20N10O3.C14H10N6O6S2.C12H8N6O.C6H11N6O4.2Na.H2O/c1-9(26)20-14-13(22-25-18)12(21-24-17)11(7-19-23-16)28-15(14)27-8-10-5-3-2-4-6-10;15-19-17-11-5-3-9(13(7-11)27(21,22)23)1-2-10-4-6-12(18-20-16)8-14(10)28(24,25)26;13-17-15-9-1-5-11(6-2-9)19-12-7-3-10(4-8-12)16-18-14;7-11-9-1-2-4(13)3(10-12-8)5(14)6(15)16-2;;;/h2-6,11-18H,7-8H2,1H3;1-8,15H,(H-,21,22,23,24,25,26);1-8H;2-6,8,13-15H,1H2;;;1H2/q+2;;;3*+1;/b;2-1+;;;;;/t11-,12+,13+,14+,15-;;;2-,3+,4+,5+,6?;;;/m0..0.../s1. The maximum Gasteiger partial charge on any atom is 1.00 e. The maximum atomic E-state index is 11.7. The minimum Gasteiger partial charge on any atom is -0.744 e. The summed E-state index contributed by atoms with van der Waals surface area (Å²) in [6, 6.07) is 25.7. The number of nitrogens with one attached hydrogen (secondary N) is 6. The van der Waals surface area contributed by atoms with Crippen LogP contribution in [0.25, 0.3) is 53.9 Å². The number of hydrogen-bond acceptors (Lipinski definition) is 28. The van der Waals surface area contributed by atoms with Crippen molar-refractivity contribution in [2.75, 3.05) is 13.1 Å². The summed E-state index contributed by atoms with van der Waals surface area (Å²) in [6.45, 7) is 1.24. The number of carbonyl (C=O) groups is 1. The molecule has 5 aromatic carbocycles. The Morgan fingerprint density at radius 3 is 1.49 bits per heavy atom. The van der Waals surface area contributed by atoms with Crippen LogP contribution in [0.4, 0.5) is 22.7 Å². The Hall–Kier alpha value is -9.56. The number of amides is 1. The molecule has 11 N–H and O–H groups in total. The monoisotopic (exact) mass is 1360 g/mol. The van der Waals surface area contributed by atoms with E-state index in [9.17, 15) is 46.1 Å². The zero-order valence-corrected chi connectivity index (χ0v) is 54.6. The quantitative estimate of drug-likeness (QED) is 0.0123. The van der Waals surface area contributed by atoms with Gasteiger partial charge >= 0.3 is 59.1 Å². The number of azide groups is 4. The first kappa shape index (κ1) is 82.5. The first-order valence-electron chi connectivity index (χ1n) is 25.1. The average Bonchev–Trinajstić information content (AvgIpc) is 0.813. The van der Waals surface area contributed by atoms with Gasteiger partial charge in [0.15, 0.2) is 48.1 Å². The Labute approximate surface area is 572 Å². The van der Waals surface area contributed by atoms with Gasteiger partial charge in [-0.2, -0.15) is 0 Å². The smallest absolute Gasteiger partial charge is 0.744 e. The maximum absolute atomic E-state index is 11.7. The van der Waals surface area contributed by atoms with Crippen molar-refractivity contribution in [3.63, 3.8) is 0 Å². The molecule has 2 aliphatic rings. The van der Waals surface area contributed by atoms with Crippen LogP contribution in [-0.2, 0) is 45.8 Å². The van der Waals surface area contributed by atoms with Gasteiger partial charge in [-0.05, 0) is 106 Å². The van der Waals surface area contributed by atoms with E-state index in [-0.39, 0.29) is 113 Å². The molecule has 478 valence electrons. The zero-order valence-electron chi connectivity index (χ0n) is 49.0. The number of benzene rings is 5. The third-order valence-electron chi connectivity index (χ3n) is 11.8. The molecular formula is C47H51N28Na2O15S2+5. The predicted octanol–water partition coefficient (Wildman–Crippen LogP) is 0.810. The SMILES string of the molecule is CC(=O)N[C@H]1[C@@H](OCc2ccccc2)O[C@@H](CN=[N+]=N)[C@@H](N=[N+]=N)[C@H]1N=[N+]=N.O.[N-]=[N+]=NC[C@@H]1OC(O)[C@H](O)[C@H](N=[N+]=N)[C@@H]1O.[N-]=[N+]=Nc1ccc(/C=C/c2ccc(N=[N+]=N)cc2S(=O)(=O)[O-])c(S(=O)(=O)[O-])c1.[N-]=[N+]=Nc1ccc(Oc2ccc(N=[N+]=[N-])cc2)cc1.[Na+].[Na+]. The number of carbonyl (C=O) groups excluding carboxylic acids is 1. The van der Waals surface area contributed by atoms with E-state index < -0.39 is 91.2 Å². The fraction of sp³-hybridized carbons (Fsp3) is 0.298. The molecule has 0 aliphatic carbocycles. The van der Waals surface area contributed by atoms with Crippen LogP contribution >= 0.6 is 0 Å². The van der Waals surface area contributed by atoms with E-state index in [0.29, 0.717) is 22.9 Å². The molecule has 0 bridgehead atoms. The fourth-order valence-electron chi connectivity index (χ4n) is 7.87. The molecular weight excluding hydrogens is 1310 g/mol.